The molecule has 0 bridgehead atoms. The lowest BCUT2D eigenvalue weighted by molar-refractivity contribution is 0.337. The number of thiocarbonyl (C=S) groups is 1. The molecule has 1 fully saturated rings. The third-order valence-electron chi connectivity index (χ3n) is 3.10. The van der Waals surface area contributed by atoms with Crippen molar-refractivity contribution in [3.8, 4) is 0 Å². The number of nitrogens with one attached hydrogen (secondary N) is 1. The van der Waals surface area contributed by atoms with Crippen LogP contribution in [-0.4, -0.2) is 27.2 Å². The SMILES string of the molecule is CCOC(=S)c1c(C)nc(C)nc1NC1(C)CC1. The van der Waals surface area contributed by atoms with E-state index in [0.29, 0.717) is 11.7 Å². The van der Waals surface area contributed by atoms with Gasteiger partial charge in [-0.15, -0.1) is 0 Å². The highest BCUT2D eigenvalue weighted by Gasteiger charge is 2.38. The Hall–Kier alpha value is -1.23. The fraction of sp³-hybridized carbons (Fsp3) is 0.615. The highest BCUT2D eigenvalue weighted by atomic mass is 32.1. The van der Waals surface area contributed by atoms with Crippen molar-refractivity contribution < 1.29 is 4.74 Å². The number of aromatic nitrogens is 2. The highest BCUT2D eigenvalue weighted by Crippen LogP contribution is 2.38. The molecule has 1 aromatic rings. The van der Waals surface area contributed by atoms with Gasteiger partial charge in [-0.2, -0.15) is 0 Å². The van der Waals surface area contributed by atoms with Crippen LogP contribution >= 0.6 is 12.2 Å². The Morgan fingerprint density at radius 1 is 1.39 bits per heavy atom. The normalized spacial score (nSPS) is 16.2. The maximum absolute atomic E-state index is 5.44. The molecular formula is C13H19N3OS. The van der Waals surface area contributed by atoms with Crippen LogP contribution in [0.2, 0.25) is 0 Å². The molecule has 2 rings (SSSR count). The van der Waals surface area contributed by atoms with Crippen LogP contribution < -0.4 is 5.32 Å². The Balaban J connectivity index is 2.38. The second-order valence-electron chi connectivity index (χ2n) is 4.99. The lowest BCUT2D eigenvalue weighted by Gasteiger charge is -2.18. The Morgan fingerprint density at radius 3 is 2.61 bits per heavy atom. The van der Waals surface area contributed by atoms with E-state index in [1.165, 1.54) is 0 Å². The van der Waals surface area contributed by atoms with Crippen LogP contribution in [0.25, 0.3) is 0 Å². The number of hydrogen-bond acceptors (Lipinski definition) is 5. The van der Waals surface area contributed by atoms with Crippen molar-refractivity contribution in [3.63, 3.8) is 0 Å². The van der Waals surface area contributed by atoms with Gasteiger partial charge in [0.1, 0.15) is 11.6 Å². The summed E-state index contributed by atoms with van der Waals surface area (Å²) in [5, 5.41) is 3.94. The molecule has 18 heavy (non-hydrogen) atoms. The molecule has 1 N–H and O–H groups in total. The number of aryl methyl sites for hydroxylation is 2. The minimum absolute atomic E-state index is 0.157. The van der Waals surface area contributed by atoms with E-state index >= 15 is 0 Å². The van der Waals surface area contributed by atoms with Gasteiger partial charge >= 0.3 is 0 Å². The van der Waals surface area contributed by atoms with Gasteiger partial charge < -0.3 is 10.1 Å². The molecule has 0 unspecified atom stereocenters. The number of nitrogens with zero attached hydrogens (tertiary/aromatic N) is 2. The Morgan fingerprint density at radius 2 is 2.06 bits per heavy atom. The van der Waals surface area contributed by atoms with Crippen LogP contribution in [0.15, 0.2) is 0 Å². The molecule has 98 valence electrons. The van der Waals surface area contributed by atoms with Crippen LogP contribution in [0, 0.1) is 13.8 Å². The largest absolute Gasteiger partial charge is 0.483 e. The summed E-state index contributed by atoms with van der Waals surface area (Å²) in [7, 11) is 0. The molecule has 0 aliphatic heterocycles. The first-order chi connectivity index (χ1) is 8.45. The number of hydrogen-bond donors (Lipinski definition) is 1. The van der Waals surface area contributed by atoms with E-state index in [1.54, 1.807) is 0 Å². The van der Waals surface area contributed by atoms with Gasteiger partial charge in [-0.1, -0.05) is 0 Å². The fourth-order valence-corrected chi connectivity index (χ4v) is 2.21. The zero-order chi connectivity index (χ0) is 13.3. The van der Waals surface area contributed by atoms with Gasteiger partial charge in [0.2, 0.25) is 0 Å². The molecule has 1 saturated carbocycles. The van der Waals surface area contributed by atoms with E-state index in [2.05, 4.69) is 22.2 Å². The van der Waals surface area contributed by atoms with Gasteiger partial charge in [0.15, 0.2) is 5.05 Å². The van der Waals surface area contributed by atoms with E-state index in [-0.39, 0.29) is 5.54 Å². The van der Waals surface area contributed by atoms with Gasteiger partial charge in [-0.3, -0.25) is 0 Å². The second kappa shape index (κ2) is 4.80. The van der Waals surface area contributed by atoms with Crippen molar-refractivity contribution in [2.24, 2.45) is 0 Å². The van der Waals surface area contributed by atoms with E-state index in [9.17, 15) is 0 Å². The molecule has 0 aromatic carbocycles. The number of ether oxygens (including phenoxy) is 1. The van der Waals surface area contributed by atoms with E-state index in [4.69, 9.17) is 17.0 Å². The number of rotatable bonds is 4. The average molecular weight is 265 g/mol. The first kappa shape index (κ1) is 13.2. The van der Waals surface area contributed by atoms with Crippen LogP contribution in [-0.2, 0) is 4.74 Å². The third-order valence-corrected chi connectivity index (χ3v) is 3.42. The van der Waals surface area contributed by atoms with Gasteiger partial charge in [0.05, 0.1) is 17.9 Å². The molecule has 0 atom stereocenters. The molecule has 0 radical (unpaired) electrons. The standard InChI is InChI=1S/C13H19N3OS/c1-5-17-12(18)10-8(2)14-9(3)15-11(10)16-13(4)6-7-13/h5-7H2,1-4H3,(H,14,15,16). The van der Waals surface area contributed by atoms with Gasteiger partial charge in [-0.25, -0.2) is 9.97 Å². The van der Waals surface area contributed by atoms with Crippen LogP contribution in [0.3, 0.4) is 0 Å². The van der Waals surface area contributed by atoms with Crippen LogP contribution in [0.1, 0.15) is 43.8 Å². The zero-order valence-electron chi connectivity index (χ0n) is 11.3. The molecule has 0 saturated heterocycles. The summed E-state index contributed by atoms with van der Waals surface area (Å²) in [5.74, 6) is 1.56. The Kier molecular flexibility index (Phi) is 3.52. The molecule has 0 amide bonds. The summed E-state index contributed by atoms with van der Waals surface area (Å²) < 4.78 is 5.44. The molecular weight excluding hydrogens is 246 g/mol. The molecule has 5 heteroatoms. The molecule has 0 spiro atoms. The van der Waals surface area contributed by atoms with Crippen molar-refractivity contribution in [1.29, 1.82) is 0 Å². The molecule has 1 aliphatic rings. The van der Waals surface area contributed by atoms with Crippen LogP contribution in [0.5, 0.6) is 0 Å². The predicted molar refractivity (Wildman–Crippen MR) is 76.1 cm³/mol. The summed E-state index contributed by atoms with van der Waals surface area (Å²) in [6.45, 7) is 8.50. The fourth-order valence-electron chi connectivity index (χ4n) is 1.85. The maximum Gasteiger partial charge on any atom is 0.196 e. The third kappa shape index (κ3) is 2.77. The van der Waals surface area contributed by atoms with E-state index in [0.717, 1.165) is 35.7 Å². The summed E-state index contributed by atoms with van der Waals surface area (Å²) in [6.07, 6.45) is 2.33. The van der Waals surface area contributed by atoms with E-state index < -0.39 is 0 Å². The lowest BCUT2D eigenvalue weighted by Crippen LogP contribution is -2.22. The maximum atomic E-state index is 5.44. The Labute approximate surface area is 113 Å². The molecule has 1 aromatic heterocycles. The smallest absolute Gasteiger partial charge is 0.196 e. The highest BCUT2D eigenvalue weighted by molar-refractivity contribution is 7.80. The molecule has 1 aliphatic carbocycles. The first-order valence-corrected chi connectivity index (χ1v) is 6.66. The molecule has 4 nitrogen and oxygen atoms in total. The minimum atomic E-state index is 0.157. The minimum Gasteiger partial charge on any atom is -0.483 e. The second-order valence-corrected chi connectivity index (χ2v) is 5.36. The Bertz CT molecular complexity index is 483. The van der Waals surface area contributed by atoms with Crippen molar-refractivity contribution in [3.05, 3.63) is 17.1 Å². The predicted octanol–water partition coefficient (Wildman–Crippen LogP) is 2.77. The van der Waals surface area contributed by atoms with Crippen molar-refractivity contribution in [2.75, 3.05) is 11.9 Å². The van der Waals surface area contributed by atoms with Crippen molar-refractivity contribution in [1.82, 2.24) is 9.97 Å². The summed E-state index contributed by atoms with van der Waals surface area (Å²) in [6, 6.07) is 0. The topological polar surface area (TPSA) is 47.0 Å². The summed E-state index contributed by atoms with van der Waals surface area (Å²) >= 11 is 5.31. The number of anilines is 1. The zero-order valence-corrected chi connectivity index (χ0v) is 12.1. The average Bonchev–Trinajstić information content (AvgIpc) is 2.95. The lowest BCUT2D eigenvalue weighted by atomic mass is 10.2. The monoisotopic (exact) mass is 265 g/mol. The van der Waals surface area contributed by atoms with Crippen LogP contribution in [0.4, 0.5) is 5.82 Å². The van der Waals surface area contributed by atoms with Crippen molar-refractivity contribution >= 4 is 23.1 Å². The van der Waals surface area contributed by atoms with Gasteiger partial charge in [0, 0.05) is 5.54 Å². The first-order valence-electron chi connectivity index (χ1n) is 6.26. The summed E-state index contributed by atoms with van der Waals surface area (Å²) in [4.78, 5) is 8.84. The van der Waals surface area contributed by atoms with E-state index in [1.807, 2.05) is 20.8 Å². The summed E-state index contributed by atoms with van der Waals surface area (Å²) in [5.41, 5.74) is 1.85. The van der Waals surface area contributed by atoms with Crippen molar-refractivity contribution in [2.45, 2.75) is 46.1 Å². The quantitative estimate of drug-likeness (QED) is 0.848. The van der Waals surface area contributed by atoms with Gasteiger partial charge in [0.25, 0.3) is 0 Å². The van der Waals surface area contributed by atoms with Gasteiger partial charge in [-0.05, 0) is 52.8 Å². The molecule has 1 heterocycles.